The Balaban J connectivity index is 1.46. The molecular formula is C17H20N2O2S. The lowest BCUT2D eigenvalue weighted by molar-refractivity contribution is 0.0354. The molecular weight excluding hydrogens is 296 g/mol. The molecule has 0 radical (unpaired) electrons. The van der Waals surface area contributed by atoms with Crippen LogP contribution in [0.1, 0.15) is 16.1 Å². The predicted octanol–water partition coefficient (Wildman–Crippen LogP) is 2.77. The third-order valence-corrected chi connectivity index (χ3v) is 4.63. The van der Waals surface area contributed by atoms with E-state index in [9.17, 15) is 4.79 Å². The first kappa shape index (κ1) is 15.1. The van der Waals surface area contributed by atoms with E-state index < -0.39 is 0 Å². The third kappa shape index (κ3) is 3.87. The molecule has 116 valence electrons. The molecule has 1 saturated heterocycles. The monoisotopic (exact) mass is 316 g/mol. The van der Waals surface area contributed by atoms with Crippen LogP contribution in [-0.2, 0) is 4.74 Å². The lowest BCUT2D eigenvalue weighted by atomic mass is 10.2. The first-order valence-electron chi connectivity index (χ1n) is 7.56. The van der Waals surface area contributed by atoms with Gasteiger partial charge in [0, 0.05) is 25.3 Å². The van der Waals surface area contributed by atoms with Gasteiger partial charge < -0.3 is 15.0 Å². The second-order valence-corrected chi connectivity index (χ2v) is 6.24. The Morgan fingerprint density at radius 3 is 2.91 bits per heavy atom. The van der Waals surface area contributed by atoms with Crippen LogP contribution in [0, 0.1) is 0 Å². The SMILES string of the molecule is O=C(NCCC1CN(c2ccccc2)CCO1)c1cccs1. The van der Waals surface area contributed by atoms with Gasteiger partial charge in [0.2, 0.25) is 0 Å². The Kier molecular flexibility index (Phi) is 5.08. The average Bonchev–Trinajstić information content (AvgIpc) is 3.10. The van der Waals surface area contributed by atoms with E-state index in [2.05, 4.69) is 34.5 Å². The van der Waals surface area contributed by atoms with Gasteiger partial charge in [0.1, 0.15) is 0 Å². The summed E-state index contributed by atoms with van der Waals surface area (Å²) in [6.45, 7) is 3.17. The summed E-state index contributed by atoms with van der Waals surface area (Å²) in [5.41, 5.74) is 1.23. The maximum atomic E-state index is 11.9. The standard InChI is InChI=1S/C17H20N2O2S/c20-17(16-7-4-12-22-16)18-9-8-15-13-19(10-11-21-15)14-5-2-1-3-6-14/h1-7,12,15H,8-11,13H2,(H,18,20). The van der Waals surface area contributed by atoms with E-state index in [0.717, 1.165) is 31.0 Å². The number of para-hydroxylation sites is 1. The van der Waals surface area contributed by atoms with Crippen molar-refractivity contribution in [1.82, 2.24) is 5.32 Å². The van der Waals surface area contributed by atoms with Crippen LogP contribution >= 0.6 is 11.3 Å². The second kappa shape index (κ2) is 7.42. The quantitative estimate of drug-likeness (QED) is 0.922. The fraction of sp³-hybridized carbons (Fsp3) is 0.353. The molecule has 0 aliphatic carbocycles. The van der Waals surface area contributed by atoms with Gasteiger partial charge in [0.15, 0.2) is 0 Å². The number of carbonyl (C=O) groups is 1. The van der Waals surface area contributed by atoms with Crippen molar-refractivity contribution in [2.75, 3.05) is 31.1 Å². The van der Waals surface area contributed by atoms with Crippen molar-refractivity contribution in [3.63, 3.8) is 0 Å². The van der Waals surface area contributed by atoms with Crippen molar-refractivity contribution in [2.45, 2.75) is 12.5 Å². The number of morpholine rings is 1. The number of anilines is 1. The Labute approximate surface area is 134 Å². The summed E-state index contributed by atoms with van der Waals surface area (Å²) in [4.78, 5) is 15.0. The molecule has 1 aromatic heterocycles. The van der Waals surface area contributed by atoms with Gasteiger partial charge in [-0.1, -0.05) is 24.3 Å². The van der Waals surface area contributed by atoms with Crippen LogP contribution in [0.5, 0.6) is 0 Å². The summed E-state index contributed by atoms with van der Waals surface area (Å²) >= 11 is 1.46. The molecule has 1 atom stereocenters. The molecule has 0 spiro atoms. The lowest BCUT2D eigenvalue weighted by Gasteiger charge is -2.34. The van der Waals surface area contributed by atoms with Gasteiger partial charge in [-0.25, -0.2) is 0 Å². The van der Waals surface area contributed by atoms with E-state index in [1.807, 2.05) is 23.6 Å². The van der Waals surface area contributed by atoms with Crippen LogP contribution in [0.4, 0.5) is 5.69 Å². The summed E-state index contributed by atoms with van der Waals surface area (Å²) in [5.74, 6) is 0.00530. The zero-order valence-electron chi connectivity index (χ0n) is 12.4. The van der Waals surface area contributed by atoms with E-state index in [0.29, 0.717) is 6.54 Å². The second-order valence-electron chi connectivity index (χ2n) is 5.30. The number of nitrogens with one attached hydrogen (secondary N) is 1. The molecule has 22 heavy (non-hydrogen) atoms. The van der Waals surface area contributed by atoms with Crippen LogP contribution in [0.3, 0.4) is 0 Å². The number of rotatable bonds is 5. The molecule has 1 aliphatic rings. The molecule has 1 N–H and O–H groups in total. The number of ether oxygens (including phenoxy) is 1. The molecule has 3 rings (SSSR count). The molecule has 4 nitrogen and oxygen atoms in total. The molecule has 1 unspecified atom stereocenters. The average molecular weight is 316 g/mol. The molecule has 5 heteroatoms. The van der Waals surface area contributed by atoms with Crippen LogP contribution in [0.15, 0.2) is 47.8 Å². The van der Waals surface area contributed by atoms with Crippen molar-refractivity contribution in [3.8, 4) is 0 Å². The van der Waals surface area contributed by atoms with Crippen LogP contribution in [-0.4, -0.2) is 38.3 Å². The number of hydrogen-bond acceptors (Lipinski definition) is 4. The molecule has 1 aromatic carbocycles. The Hall–Kier alpha value is -1.85. The molecule has 2 aromatic rings. The highest BCUT2D eigenvalue weighted by Crippen LogP contribution is 2.18. The number of benzene rings is 1. The first-order valence-corrected chi connectivity index (χ1v) is 8.44. The number of nitrogens with zero attached hydrogens (tertiary/aromatic N) is 1. The highest BCUT2D eigenvalue weighted by atomic mass is 32.1. The molecule has 0 bridgehead atoms. The van der Waals surface area contributed by atoms with Crippen molar-refractivity contribution in [1.29, 1.82) is 0 Å². The summed E-state index contributed by atoms with van der Waals surface area (Å²) in [7, 11) is 0. The topological polar surface area (TPSA) is 41.6 Å². The Bertz CT molecular complexity index is 586. The van der Waals surface area contributed by atoms with E-state index in [1.165, 1.54) is 17.0 Å². The van der Waals surface area contributed by atoms with Crippen LogP contribution in [0.25, 0.3) is 0 Å². The van der Waals surface area contributed by atoms with Crippen molar-refractivity contribution in [3.05, 3.63) is 52.7 Å². The Morgan fingerprint density at radius 2 is 2.14 bits per heavy atom. The van der Waals surface area contributed by atoms with Gasteiger partial charge in [-0.15, -0.1) is 11.3 Å². The van der Waals surface area contributed by atoms with E-state index in [-0.39, 0.29) is 12.0 Å². The normalized spacial score (nSPS) is 18.2. The van der Waals surface area contributed by atoms with Gasteiger partial charge in [0.25, 0.3) is 5.91 Å². The largest absolute Gasteiger partial charge is 0.374 e. The molecule has 1 amide bonds. The van der Waals surface area contributed by atoms with Crippen molar-refractivity contribution < 1.29 is 9.53 Å². The van der Waals surface area contributed by atoms with Gasteiger partial charge in [0.05, 0.1) is 17.6 Å². The number of amides is 1. The first-order chi connectivity index (χ1) is 10.8. The minimum Gasteiger partial charge on any atom is -0.374 e. The van der Waals surface area contributed by atoms with Gasteiger partial charge in [-0.3, -0.25) is 4.79 Å². The highest BCUT2D eigenvalue weighted by Gasteiger charge is 2.20. The number of carbonyl (C=O) groups excluding carboxylic acids is 1. The predicted molar refractivity (Wildman–Crippen MR) is 89.7 cm³/mol. The van der Waals surface area contributed by atoms with Gasteiger partial charge in [-0.2, -0.15) is 0 Å². The third-order valence-electron chi connectivity index (χ3n) is 3.76. The summed E-state index contributed by atoms with van der Waals surface area (Å²) < 4.78 is 5.81. The molecule has 1 fully saturated rings. The van der Waals surface area contributed by atoms with Crippen LogP contribution in [0.2, 0.25) is 0 Å². The minimum atomic E-state index is 0.00530. The molecule has 2 heterocycles. The molecule has 1 aliphatic heterocycles. The molecule has 0 saturated carbocycles. The summed E-state index contributed by atoms with van der Waals surface area (Å²) in [5, 5.41) is 4.87. The summed E-state index contributed by atoms with van der Waals surface area (Å²) in [6, 6.07) is 14.1. The fourth-order valence-electron chi connectivity index (χ4n) is 2.61. The zero-order chi connectivity index (χ0) is 15.2. The zero-order valence-corrected chi connectivity index (χ0v) is 13.2. The number of hydrogen-bond donors (Lipinski definition) is 1. The van der Waals surface area contributed by atoms with E-state index >= 15 is 0 Å². The lowest BCUT2D eigenvalue weighted by Crippen LogP contribution is -2.43. The van der Waals surface area contributed by atoms with Crippen molar-refractivity contribution in [2.24, 2.45) is 0 Å². The smallest absolute Gasteiger partial charge is 0.261 e. The number of thiophene rings is 1. The van der Waals surface area contributed by atoms with Gasteiger partial charge >= 0.3 is 0 Å². The summed E-state index contributed by atoms with van der Waals surface area (Å²) in [6.07, 6.45) is 0.998. The minimum absolute atomic E-state index is 0.00530. The van der Waals surface area contributed by atoms with Crippen LogP contribution < -0.4 is 10.2 Å². The van der Waals surface area contributed by atoms with E-state index in [1.54, 1.807) is 0 Å². The van der Waals surface area contributed by atoms with Gasteiger partial charge in [-0.05, 0) is 30.0 Å². The highest BCUT2D eigenvalue weighted by molar-refractivity contribution is 7.12. The fourth-order valence-corrected chi connectivity index (χ4v) is 3.25. The maximum absolute atomic E-state index is 11.9. The maximum Gasteiger partial charge on any atom is 0.261 e. The van der Waals surface area contributed by atoms with E-state index in [4.69, 9.17) is 4.74 Å². The Morgan fingerprint density at radius 1 is 1.27 bits per heavy atom. The van der Waals surface area contributed by atoms with Crippen molar-refractivity contribution >= 4 is 22.9 Å².